The molecule has 1 unspecified atom stereocenters. The lowest BCUT2D eigenvalue weighted by Gasteiger charge is -2.23. The average molecular weight is 341 g/mol. The van der Waals surface area contributed by atoms with Crippen LogP contribution in [0.3, 0.4) is 0 Å². The number of hydrogen-bond donors (Lipinski definition) is 2. The topological polar surface area (TPSA) is 75.6 Å². The first-order valence-electron chi connectivity index (χ1n) is 6.71. The van der Waals surface area contributed by atoms with Gasteiger partial charge in [-0.25, -0.2) is 13.1 Å². The first-order valence-corrected chi connectivity index (χ1v) is 9.07. The molecule has 0 spiro atoms. The minimum atomic E-state index is -3.56. The third-order valence-corrected chi connectivity index (χ3v) is 5.95. The largest absolute Gasteiger partial charge is 0.497 e. The van der Waals surface area contributed by atoms with E-state index >= 15 is 0 Å². The van der Waals surface area contributed by atoms with Gasteiger partial charge in [0.2, 0.25) is 10.0 Å². The fraction of sp³-hybridized carbons (Fsp3) is 0.333. The van der Waals surface area contributed by atoms with Crippen LogP contribution in [-0.2, 0) is 16.4 Å². The molecule has 0 aliphatic rings. The van der Waals surface area contributed by atoms with Crippen molar-refractivity contribution in [3.05, 3.63) is 47.3 Å². The Morgan fingerprint density at radius 3 is 2.50 bits per heavy atom. The van der Waals surface area contributed by atoms with Crippen LogP contribution in [0, 0.1) is 0 Å². The van der Waals surface area contributed by atoms with Gasteiger partial charge < -0.3 is 9.84 Å². The highest BCUT2D eigenvalue weighted by Crippen LogP contribution is 2.19. The van der Waals surface area contributed by atoms with Gasteiger partial charge in [0.05, 0.1) is 12.7 Å². The molecular weight excluding hydrogens is 322 g/mol. The van der Waals surface area contributed by atoms with Gasteiger partial charge in [-0.05, 0) is 36.1 Å². The van der Waals surface area contributed by atoms with Gasteiger partial charge in [0.1, 0.15) is 9.96 Å². The van der Waals surface area contributed by atoms with Crippen LogP contribution < -0.4 is 9.46 Å². The molecule has 5 nitrogen and oxygen atoms in total. The summed E-state index contributed by atoms with van der Waals surface area (Å²) in [6.45, 7) is 1.55. The minimum absolute atomic E-state index is 0.0563. The highest BCUT2D eigenvalue weighted by atomic mass is 32.2. The standard InChI is InChI=1S/C15H19NO4S2/c1-15(17,10-12-5-7-13(20-2)8-6-12)11-16-22(18,19)14-4-3-9-21-14/h3-9,16-17H,10-11H2,1-2H3. The summed E-state index contributed by atoms with van der Waals surface area (Å²) in [6, 6.07) is 10.5. The Bertz CT molecular complexity index is 692. The molecule has 1 heterocycles. The zero-order valence-corrected chi connectivity index (χ0v) is 14.1. The highest BCUT2D eigenvalue weighted by molar-refractivity contribution is 7.91. The van der Waals surface area contributed by atoms with Crippen LogP contribution in [0.5, 0.6) is 5.75 Å². The lowest BCUT2D eigenvalue weighted by atomic mass is 9.97. The number of nitrogens with one attached hydrogen (secondary N) is 1. The van der Waals surface area contributed by atoms with E-state index < -0.39 is 15.6 Å². The predicted molar refractivity (Wildman–Crippen MR) is 86.8 cm³/mol. The van der Waals surface area contributed by atoms with Gasteiger partial charge in [0.15, 0.2) is 0 Å². The molecule has 2 aromatic rings. The Kier molecular flexibility index (Phi) is 5.23. The summed E-state index contributed by atoms with van der Waals surface area (Å²) in [5.74, 6) is 0.738. The molecule has 0 aliphatic heterocycles. The molecule has 0 amide bonds. The van der Waals surface area contributed by atoms with Crippen LogP contribution in [0.25, 0.3) is 0 Å². The molecule has 2 N–H and O–H groups in total. The SMILES string of the molecule is COc1ccc(CC(C)(O)CNS(=O)(=O)c2cccs2)cc1. The molecule has 1 aromatic carbocycles. The number of ether oxygens (including phenoxy) is 1. The minimum Gasteiger partial charge on any atom is -0.497 e. The molecule has 0 saturated carbocycles. The van der Waals surface area contributed by atoms with Crippen LogP contribution >= 0.6 is 11.3 Å². The Balaban J connectivity index is 1.98. The number of hydrogen-bond acceptors (Lipinski definition) is 5. The second-order valence-electron chi connectivity index (χ2n) is 5.28. The summed E-state index contributed by atoms with van der Waals surface area (Å²) in [5, 5.41) is 12.1. The molecule has 0 radical (unpaired) electrons. The zero-order chi connectivity index (χ0) is 16.2. The van der Waals surface area contributed by atoms with Gasteiger partial charge >= 0.3 is 0 Å². The Morgan fingerprint density at radius 2 is 1.95 bits per heavy atom. The lowest BCUT2D eigenvalue weighted by molar-refractivity contribution is 0.0657. The van der Waals surface area contributed by atoms with E-state index in [0.29, 0.717) is 6.42 Å². The molecule has 1 atom stereocenters. The van der Waals surface area contributed by atoms with Crippen molar-refractivity contribution < 1.29 is 18.3 Å². The monoisotopic (exact) mass is 341 g/mol. The third-order valence-electron chi connectivity index (χ3n) is 3.15. The summed E-state index contributed by atoms with van der Waals surface area (Å²) in [7, 11) is -1.98. The van der Waals surface area contributed by atoms with E-state index in [1.165, 1.54) is 6.07 Å². The van der Waals surface area contributed by atoms with E-state index in [9.17, 15) is 13.5 Å². The smallest absolute Gasteiger partial charge is 0.250 e. The summed E-state index contributed by atoms with van der Waals surface area (Å²) in [6.07, 6.45) is 0.337. The van der Waals surface area contributed by atoms with E-state index in [0.717, 1.165) is 22.6 Å². The molecule has 2 rings (SSSR count). The summed E-state index contributed by atoms with van der Waals surface area (Å²) < 4.78 is 31.9. The fourth-order valence-electron chi connectivity index (χ4n) is 1.98. The van der Waals surface area contributed by atoms with E-state index in [2.05, 4.69) is 4.72 Å². The maximum absolute atomic E-state index is 12.0. The molecule has 0 bridgehead atoms. The van der Waals surface area contributed by atoms with E-state index in [4.69, 9.17) is 4.74 Å². The first-order chi connectivity index (χ1) is 10.3. The maximum Gasteiger partial charge on any atom is 0.250 e. The molecule has 0 aliphatic carbocycles. The number of sulfonamides is 1. The molecule has 1 aromatic heterocycles. The van der Waals surface area contributed by atoms with Gasteiger partial charge in [0.25, 0.3) is 0 Å². The first kappa shape index (κ1) is 17.0. The number of aliphatic hydroxyl groups is 1. The molecule has 0 saturated heterocycles. The quantitative estimate of drug-likeness (QED) is 0.808. The average Bonchev–Trinajstić information content (AvgIpc) is 3.01. The van der Waals surface area contributed by atoms with Crippen molar-refractivity contribution >= 4 is 21.4 Å². The van der Waals surface area contributed by atoms with Gasteiger partial charge in [-0.1, -0.05) is 18.2 Å². The van der Waals surface area contributed by atoms with Crippen molar-refractivity contribution in [2.45, 2.75) is 23.2 Å². The van der Waals surface area contributed by atoms with E-state index in [-0.39, 0.29) is 10.8 Å². The van der Waals surface area contributed by atoms with Crippen molar-refractivity contribution in [2.75, 3.05) is 13.7 Å². The molecule has 22 heavy (non-hydrogen) atoms. The Hall–Kier alpha value is -1.41. The maximum atomic E-state index is 12.0. The number of methoxy groups -OCH3 is 1. The summed E-state index contributed by atoms with van der Waals surface area (Å²) in [4.78, 5) is 0. The highest BCUT2D eigenvalue weighted by Gasteiger charge is 2.25. The van der Waals surface area contributed by atoms with E-state index in [1.54, 1.807) is 37.6 Å². The Labute approximate surface area is 134 Å². The van der Waals surface area contributed by atoms with Crippen LogP contribution in [0.4, 0.5) is 0 Å². The number of rotatable bonds is 7. The second kappa shape index (κ2) is 6.78. The third kappa shape index (κ3) is 4.54. The predicted octanol–water partition coefficient (Wildman–Crippen LogP) is 2.03. The molecule has 0 fully saturated rings. The molecule has 120 valence electrons. The van der Waals surface area contributed by atoms with Crippen LogP contribution in [0.1, 0.15) is 12.5 Å². The van der Waals surface area contributed by atoms with Crippen LogP contribution in [0.2, 0.25) is 0 Å². The Morgan fingerprint density at radius 1 is 1.27 bits per heavy atom. The van der Waals surface area contributed by atoms with Crippen LogP contribution in [-0.4, -0.2) is 32.8 Å². The van der Waals surface area contributed by atoms with Gasteiger partial charge in [0, 0.05) is 13.0 Å². The summed E-state index contributed by atoms with van der Waals surface area (Å²) in [5.41, 5.74) is -0.278. The van der Waals surface area contributed by atoms with Crippen molar-refractivity contribution in [3.8, 4) is 5.75 Å². The van der Waals surface area contributed by atoms with Crippen molar-refractivity contribution in [3.63, 3.8) is 0 Å². The number of thiophene rings is 1. The van der Waals surface area contributed by atoms with Crippen molar-refractivity contribution in [2.24, 2.45) is 0 Å². The van der Waals surface area contributed by atoms with Crippen LogP contribution in [0.15, 0.2) is 46.0 Å². The molecular formula is C15H19NO4S2. The van der Waals surface area contributed by atoms with Gasteiger partial charge in [-0.15, -0.1) is 11.3 Å². The van der Waals surface area contributed by atoms with Gasteiger partial charge in [-0.3, -0.25) is 0 Å². The lowest BCUT2D eigenvalue weighted by Crippen LogP contribution is -2.42. The number of benzene rings is 1. The summed E-state index contributed by atoms with van der Waals surface area (Å²) >= 11 is 1.14. The van der Waals surface area contributed by atoms with Crippen molar-refractivity contribution in [1.82, 2.24) is 4.72 Å². The fourth-order valence-corrected chi connectivity index (χ4v) is 4.18. The van der Waals surface area contributed by atoms with Crippen molar-refractivity contribution in [1.29, 1.82) is 0 Å². The molecule has 7 heteroatoms. The van der Waals surface area contributed by atoms with E-state index in [1.807, 2.05) is 12.1 Å². The zero-order valence-electron chi connectivity index (χ0n) is 12.4. The van der Waals surface area contributed by atoms with Gasteiger partial charge in [-0.2, -0.15) is 0 Å². The normalized spacial score (nSPS) is 14.5. The second-order valence-corrected chi connectivity index (χ2v) is 8.22.